The second-order valence-corrected chi connectivity index (χ2v) is 5.94. The van der Waals surface area contributed by atoms with Gasteiger partial charge >= 0.3 is 12.4 Å². The SMILES string of the molecule is CCC(=NOCc1ccccc1C(F)(F)F)c1cc(Cl)ccc1C(F)(F)F. The Morgan fingerprint density at radius 3 is 2.19 bits per heavy atom. The Bertz CT molecular complexity index is 829. The summed E-state index contributed by atoms with van der Waals surface area (Å²) in [6.45, 7) is 1.01. The molecule has 2 aromatic rings. The van der Waals surface area contributed by atoms with Crippen molar-refractivity contribution in [1.82, 2.24) is 0 Å². The number of halogens is 7. The minimum absolute atomic E-state index is 0.0599. The Labute approximate surface area is 156 Å². The van der Waals surface area contributed by atoms with Crippen molar-refractivity contribution in [3.8, 4) is 0 Å². The molecule has 2 aromatic carbocycles. The van der Waals surface area contributed by atoms with Gasteiger partial charge in [-0.05, 0) is 30.7 Å². The number of nitrogens with zero attached hydrogens (tertiary/aromatic N) is 1. The first-order chi connectivity index (χ1) is 12.5. The quantitative estimate of drug-likeness (QED) is 0.305. The molecule has 146 valence electrons. The zero-order valence-corrected chi connectivity index (χ0v) is 14.7. The lowest BCUT2D eigenvalue weighted by molar-refractivity contribution is -0.139. The van der Waals surface area contributed by atoms with Crippen molar-refractivity contribution in [2.24, 2.45) is 5.16 Å². The molecule has 0 aliphatic heterocycles. The van der Waals surface area contributed by atoms with E-state index in [1.54, 1.807) is 6.92 Å². The zero-order chi connectivity index (χ0) is 20.2. The first-order valence-corrected chi connectivity index (χ1v) is 8.13. The molecule has 0 bridgehead atoms. The molecule has 27 heavy (non-hydrogen) atoms. The Morgan fingerprint density at radius 1 is 0.963 bits per heavy atom. The highest BCUT2D eigenvalue weighted by atomic mass is 35.5. The van der Waals surface area contributed by atoms with Gasteiger partial charge in [-0.15, -0.1) is 0 Å². The zero-order valence-electron chi connectivity index (χ0n) is 14.0. The summed E-state index contributed by atoms with van der Waals surface area (Å²) < 4.78 is 78.4. The van der Waals surface area contributed by atoms with Crippen LogP contribution in [-0.4, -0.2) is 5.71 Å². The Balaban J connectivity index is 2.31. The fraction of sp³-hybridized carbons (Fsp3) is 0.278. The number of rotatable bonds is 5. The molecule has 0 saturated carbocycles. The van der Waals surface area contributed by atoms with Crippen LogP contribution in [0.2, 0.25) is 5.02 Å². The van der Waals surface area contributed by atoms with Gasteiger partial charge in [-0.2, -0.15) is 26.3 Å². The molecule has 2 rings (SSSR count). The van der Waals surface area contributed by atoms with Crippen molar-refractivity contribution in [3.63, 3.8) is 0 Å². The van der Waals surface area contributed by atoms with E-state index in [4.69, 9.17) is 16.4 Å². The third kappa shape index (κ3) is 5.38. The van der Waals surface area contributed by atoms with Gasteiger partial charge in [-0.25, -0.2) is 0 Å². The molecule has 0 heterocycles. The highest BCUT2D eigenvalue weighted by Gasteiger charge is 2.35. The Hall–Kier alpha value is -2.22. The minimum atomic E-state index is -4.64. The third-order valence-corrected chi connectivity index (χ3v) is 3.89. The van der Waals surface area contributed by atoms with E-state index >= 15 is 0 Å². The highest BCUT2D eigenvalue weighted by molar-refractivity contribution is 6.31. The third-order valence-electron chi connectivity index (χ3n) is 3.65. The van der Waals surface area contributed by atoms with Gasteiger partial charge in [0, 0.05) is 16.1 Å². The van der Waals surface area contributed by atoms with E-state index in [9.17, 15) is 26.3 Å². The van der Waals surface area contributed by atoms with E-state index in [1.807, 2.05) is 0 Å². The predicted octanol–water partition coefficient (Wildman–Crippen LogP) is 6.71. The smallest absolute Gasteiger partial charge is 0.391 e. The Morgan fingerprint density at radius 2 is 1.59 bits per heavy atom. The van der Waals surface area contributed by atoms with Crippen LogP contribution >= 0.6 is 11.6 Å². The van der Waals surface area contributed by atoms with Crippen LogP contribution < -0.4 is 0 Å². The number of benzene rings is 2. The monoisotopic (exact) mass is 409 g/mol. The van der Waals surface area contributed by atoms with Gasteiger partial charge in [0.05, 0.1) is 16.8 Å². The molecule has 9 heteroatoms. The number of alkyl halides is 6. The largest absolute Gasteiger partial charge is 0.417 e. The van der Waals surface area contributed by atoms with Crippen molar-refractivity contribution in [2.75, 3.05) is 0 Å². The molecular weight excluding hydrogens is 396 g/mol. The summed E-state index contributed by atoms with van der Waals surface area (Å²) in [6.07, 6.45) is -9.16. The molecule has 0 fully saturated rings. The highest BCUT2D eigenvalue weighted by Crippen LogP contribution is 2.34. The number of hydrogen-bond donors (Lipinski definition) is 0. The van der Waals surface area contributed by atoms with Crippen LogP contribution in [-0.2, 0) is 23.8 Å². The molecule has 0 unspecified atom stereocenters. The molecule has 0 saturated heterocycles. The lowest BCUT2D eigenvalue weighted by Crippen LogP contribution is -2.14. The van der Waals surface area contributed by atoms with Crippen molar-refractivity contribution < 1.29 is 31.2 Å². The average molecular weight is 410 g/mol. The van der Waals surface area contributed by atoms with E-state index in [0.29, 0.717) is 0 Å². The normalized spacial score (nSPS) is 13.0. The summed E-state index contributed by atoms with van der Waals surface area (Å²) in [5, 5.41) is 3.71. The van der Waals surface area contributed by atoms with Crippen LogP contribution in [0.15, 0.2) is 47.6 Å². The second kappa shape index (κ2) is 8.21. The summed E-state index contributed by atoms with van der Waals surface area (Å²) in [4.78, 5) is 4.95. The first-order valence-electron chi connectivity index (χ1n) is 7.75. The van der Waals surface area contributed by atoms with Crippen molar-refractivity contribution in [1.29, 1.82) is 0 Å². The van der Waals surface area contributed by atoms with Crippen LogP contribution in [0.5, 0.6) is 0 Å². The van der Waals surface area contributed by atoms with Gasteiger partial charge in [-0.1, -0.05) is 41.9 Å². The van der Waals surface area contributed by atoms with Crippen LogP contribution in [0.1, 0.15) is 35.6 Å². The average Bonchev–Trinajstić information content (AvgIpc) is 2.57. The molecule has 2 nitrogen and oxygen atoms in total. The van der Waals surface area contributed by atoms with E-state index < -0.39 is 30.1 Å². The summed E-state index contributed by atoms with van der Waals surface area (Å²) in [6, 6.07) is 7.75. The lowest BCUT2D eigenvalue weighted by Gasteiger charge is -2.15. The van der Waals surface area contributed by atoms with Gasteiger partial charge in [-0.3, -0.25) is 0 Å². The standard InChI is InChI=1S/C18H14ClF6NO/c1-2-16(13-9-12(19)7-8-15(13)18(23,24)25)26-27-10-11-5-3-4-6-14(11)17(20,21)22/h3-9H,2,10H2,1H3. The molecule has 0 aliphatic rings. The summed E-state index contributed by atoms with van der Waals surface area (Å²) in [7, 11) is 0. The second-order valence-electron chi connectivity index (χ2n) is 5.51. The van der Waals surface area contributed by atoms with Crippen molar-refractivity contribution >= 4 is 17.3 Å². The van der Waals surface area contributed by atoms with Gasteiger partial charge in [0.2, 0.25) is 0 Å². The molecule has 0 aliphatic carbocycles. The first kappa shape index (κ1) is 21.1. The molecular formula is C18H14ClF6NO. The fourth-order valence-electron chi connectivity index (χ4n) is 2.41. The van der Waals surface area contributed by atoms with Gasteiger partial charge in [0.15, 0.2) is 0 Å². The molecule has 0 atom stereocenters. The molecule has 0 aromatic heterocycles. The summed E-state index contributed by atoms with van der Waals surface area (Å²) in [5.41, 5.74) is -2.37. The van der Waals surface area contributed by atoms with Crippen molar-refractivity contribution in [3.05, 3.63) is 69.7 Å². The van der Waals surface area contributed by atoms with Crippen molar-refractivity contribution in [2.45, 2.75) is 32.3 Å². The van der Waals surface area contributed by atoms with E-state index in [-0.39, 0.29) is 28.3 Å². The van der Waals surface area contributed by atoms with Gasteiger partial charge in [0.1, 0.15) is 6.61 Å². The number of oxime groups is 1. The fourth-order valence-corrected chi connectivity index (χ4v) is 2.58. The summed E-state index contributed by atoms with van der Waals surface area (Å²) in [5.74, 6) is 0. The lowest BCUT2D eigenvalue weighted by atomic mass is 10.0. The maximum atomic E-state index is 13.2. The molecule has 0 amide bonds. The van der Waals surface area contributed by atoms with Gasteiger partial charge < -0.3 is 4.84 Å². The molecule has 0 N–H and O–H groups in total. The van der Waals surface area contributed by atoms with Crippen LogP contribution in [0.4, 0.5) is 26.3 Å². The van der Waals surface area contributed by atoms with Crippen LogP contribution in [0.3, 0.4) is 0 Å². The number of hydrogen-bond acceptors (Lipinski definition) is 2. The van der Waals surface area contributed by atoms with E-state index in [2.05, 4.69) is 5.16 Å². The maximum absolute atomic E-state index is 13.2. The van der Waals surface area contributed by atoms with E-state index in [1.165, 1.54) is 18.2 Å². The van der Waals surface area contributed by atoms with Crippen LogP contribution in [0.25, 0.3) is 0 Å². The molecule has 0 radical (unpaired) electrons. The Kier molecular flexibility index (Phi) is 6.41. The summed E-state index contributed by atoms with van der Waals surface area (Å²) >= 11 is 5.78. The van der Waals surface area contributed by atoms with E-state index in [0.717, 1.165) is 24.3 Å². The maximum Gasteiger partial charge on any atom is 0.417 e. The topological polar surface area (TPSA) is 21.6 Å². The molecule has 0 spiro atoms. The van der Waals surface area contributed by atoms with Crippen LogP contribution in [0, 0.1) is 0 Å². The van der Waals surface area contributed by atoms with Gasteiger partial charge in [0.25, 0.3) is 0 Å². The minimum Gasteiger partial charge on any atom is -0.391 e. The predicted molar refractivity (Wildman–Crippen MR) is 89.5 cm³/mol.